The summed E-state index contributed by atoms with van der Waals surface area (Å²) in [7, 11) is 0. The van der Waals surface area contributed by atoms with E-state index in [9.17, 15) is 9.59 Å². The Labute approximate surface area is 109 Å². The number of aliphatic carboxylic acids is 1. The molecule has 1 aromatic rings. The highest BCUT2D eigenvalue weighted by Gasteiger charge is 2.20. The van der Waals surface area contributed by atoms with Crippen molar-refractivity contribution in [2.45, 2.75) is 13.8 Å². The highest BCUT2D eigenvalue weighted by Crippen LogP contribution is 2.22. The van der Waals surface area contributed by atoms with E-state index in [4.69, 9.17) is 28.3 Å². The molecule has 0 saturated heterocycles. The Hall–Kier alpha value is -1.32. The Kier molecular flexibility index (Phi) is 4.32. The number of carbonyl (C=O) groups excluding carboxylic acids is 1. The van der Waals surface area contributed by atoms with Gasteiger partial charge in [-0.2, -0.15) is 0 Å². The molecule has 0 aromatic heterocycles. The number of hydrogen-bond donors (Lipinski definition) is 1. The van der Waals surface area contributed by atoms with Gasteiger partial charge >= 0.3 is 5.97 Å². The lowest BCUT2D eigenvalue weighted by Crippen LogP contribution is -2.07. The molecule has 0 aliphatic carbocycles. The van der Waals surface area contributed by atoms with E-state index in [1.807, 2.05) is 13.0 Å². The van der Waals surface area contributed by atoms with E-state index in [1.165, 1.54) is 0 Å². The molecule has 1 N–H and O–H groups in total. The van der Waals surface area contributed by atoms with Crippen LogP contribution in [0.15, 0.2) is 28.3 Å². The van der Waals surface area contributed by atoms with Crippen LogP contribution in [0.3, 0.4) is 0 Å². The molecule has 0 aliphatic heterocycles. The first-order chi connectivity index (χ1) is 7.84. The second-order valence-corrected chi connectivity index (χ2v) is 4.34. The van der Waals surface area contributed by atoms with E-state index in [-0.39, 0.29) is 0 Å². The van der Waals surface area contributed by atoms with Crippen LogP contribution in [0.4, 0.5) is 0 Å². The molecule has 0 aliphatic rings. The summed E-state index contributed by atoms with van der Waals surface area (Å²) >= 11 is 11.1. The van der Waals surface area contributed by atoms with Crippen LogP contribution in [-0.4, -0.2) is 16.9 Å². The van der Waals surface area contributed by atoms with Crippen molar-refractivity contribution in [2.24, 2.45) is 0 Å². The van der Waals surface area contributed by atoms with Crippen molar-refractivity contribution < 1.29 is 14.7 Å². The van der Waals surface area contributed by atoms with Gasteiger partial charge in [0.1, 0.15) is 10.1 Å². The molecule has 90 valence electrons. The molecule has 0 atom stereocenters. The predicted molar refractivity (Wildman–Crippen MR) is 66.6 cm³/mol. The molecule has 1 aromatic carbocycles. The van der Waals surface area contributed by atoms with Crippen LogP contribution in [-0.2, 0) is 4.79 Å². The first-order valence-electron chi connectivity index (χ1n) is 4.75. The van der Waals surface area contributed by atoms with Gasteiger partial charge in [-0.25, -0.2) is 4.79 Å². The minimum absolute atomic E-state index is 0.356. The van der Waals surface area contributed by atoms with E-state index in [0.717, 1.165) is 5.56 Å². The van der Waals surface area contributed by atoms with Crippen molar-refractivity contribution in [3.05, 3.63) is 45.0 Å². The average Bonchev–Trinajstić information content (AvgIpc) is 2.29. The van der Waals surface area contributed by atoms with Crippen LogP contribution in [0.25, 0.3) is 0 Å². The average molecular weight is 273 g/mol. The molecule has 0 fully saturated rings. The zero-order valence-electron chi connectivity index (χ0n) is 9.25. The molecule has 3 nitrogen and oxygen atoms in total. The van der Waals surface area contributed by atoms with Gasteiger partial charge in [0.2, 0.25) is 5.78 Å². The predicted octanol–water partition coefficient (Wildman–Crippen LogP) is 3.26. The Morgan fingerprint density at radius 2 is 1.71 bits per heavy atom. The molecule has 5 heteroatoms. The van der Waals surface area contributed by atoms with Gasteiger partial charge in [-0.3, -0.25) is 4.79 Å². The standard InChI is InChI=1S/C12H10Cl2O3/c1-6-3-4-7(2)8(5-6)11(15)9(13)10(14)12(16)17/h3-5H,1-2H3,(H,16,17). The maximum absolute atomic E-state index is 11.9. The topological polar surface area (TPSA) is 54.4 Å². The van der Waals surface area contributed by atoms with Crippen molar-refractivity contribution in [3.63, 3.8) is 0 Å². The number of allylic oxidation sites excluding steroid dienone is 1. The number of hydrogen-bond acceptors (Lipinski definition) is 2. The van der Waals surface area contributed by atoms with Gasteiger partial charge in [0.15, 0.2) is 0 Å². The van der Waals surface area contributed by atoms with Gasteiger partial charge in [0.05, 0.1) is 0 Å². The first-order valence-corrected chi connectivity index (χ1v) is 5.50. The molecule has 0 bridgehead atoms. The number of halogens is 2. The third-order valence-corrected chi connectivity index (χ3v) is 3.03. The summed E-state index contributed by atoms with van der Waals surface area (Å²) in [6.07, 6.45) is 0. The SMILES string of the molecule is Cc1ccc(C)c(C(=O)C(Cl)=C(Cl)C(=O)O)c1. The Bertz CT molecular complexity index is 518. The zero-order chi connectivity index (χ0) is 13.2. The largest absolute Gasteiger partial charge is 0.477 e. The van der Waals surface area contributed by atoms with Crippen molar-refractivity contribution in [3.8, 4) is 0 Å². The number of benzene rings is 1. The summed E-state index contributed by atoms with van der Waals surface area (Å²) in [4.78, 5) is 22.5. The van der Waals surface area contributed by atoms with Crippen molar-refractivity contribution in [2.75, 3.05) is 0 Å². The number of carboxylic acids is 1. The van der Waals surface area contributed by atoms with Gasteiger partial charge in [-0.1, -0.05) is 40.9 Å². The summed E-state index contributed by atoms with van der Waals surface area (Å²) in [6.45, 7) is 3.57. The van der Waals surface area contributed by atoms with Crippen LogP contribution in [0, 0.1) is 13.8 Å². The van der Waals surface area contributed by atoms with Gasteiger partial charge < -0.3 is 5.11 Å². The second kappa shape index (κ2) is 5.34. The fourth-order valence-corrected chi connectivity index (χ4v) is 1.56. The molecule has 0 radical (unpaired) electrons. The summed E-state index contributed by atoms with van der Waals surface area (Å²) in [5, 5.41) is 7.50. The monoisotopic (exact) mass is 272 g/mol. The summed E-state index contributed by atoms with van der Waals surface area (Å²) in [5.74, 6) is -2.00. The lowest BCUT2D eigenvalue weighted by Gasteiger charge is -2.05. The molecule has 0 heterocycles. The highest BCUT2D eigenvalue weighted by molar-refractivity contribution is 6.55. The van der Waals surface area contributed by atoms with Crippen LogP contribution in [0.2, 0.25) is 0 Å². The minimum atomic E-state index is -1.42. The number of Topliss-reactive ketones (excluding diaryl/α,β-unsaturated/α-hetero) is 1. The van der Waals surface area contributed by atoms with Crippen molar-refractivity contribution in [1.29, 1.82) is 0 Å². The van der Waals surface area contributed by atoms with Crippen molar-refractivity contribution >= 4 is 35.0 Å². The lowest BCUT2D eigenvalue weighted by molar-refractivity contribution is -0.131. The summed E-state index contributed by atoms with van der Waals surface area (Å²) < 4.78 is 0. The van der Waals surface area contributed by atoms with Gasteiger partial charge in [-0.15, -0.1) is 0 Å². The number of carbonyl (C=O) groups is 2. The van der Waals surface area contributed by atoms with E-state index in [0.29, 0.717) is 11.1 Å². The van der Waals surface area contributed by atoms with E-state index in [2.05, 4.69) is 0 Å². The molecular formula is C12H10Cl2O3. The van der Waals surface area contributed by atoms with Gasteiger partial charge in [0.25, 0.3) is 0 Å². The molecule has 0 saturated carbocycles. The normalized spacial score (nSPS) is 12.0. The summed E-state index contributed by atoms with van der Waals surface area (Å²) in [5.41, 5.74) is 1.96. The smallest absolute Gasteiger partial charge is 0.349 e. The third-order valence-electron chi connectivity index (χ3n) is 2.22. The second-order valence-electron chi connectivity index (χ2n) is 3.58. The van der Waals surface area contributed by atoms with Crippen molar-refractivity contribution in [1.82, 2.24) is 0 Å². The number of carboxylic acid groups (broad SMARTS) is 1. The number of aryl methyl sites for hydroxylation is 2. The molecule has 0 amide bonds. The fraction of sp³-hybridized carbons (Fsp3) is 0.167. The Morgan fingerprint density at radius 1 is 1.12 bits per heavy atom. The van der Waals surface area contributed by atoms with E-state index in [1.54, 1.807) is 19.1 Å². The van der Waals surface area contributed by atoms with E-state index < -0.39 is 21.8 Å². The number of ketones is 1. The van der Waals surface area contributed by atoms with Gasteiger partial charge in [-0.05, 0) is 25.5 Å². The Balaban J connectivity index is 3.26. The Morgan fingerprint density at radius 3 is 2.24 bits per heavy atom. The maximum atomic E-state index is 11.9. The molecule has 17 heavy (non-hydrogen) atoms. The third kappa shape index (κ3) is 3.08. The maximum Gasteiger partial charge on any atom is 0.349 e. The van der Waals surface area contributed by atoms with Crippen LogP contribution in [0.1, 0.15) is 21.5 Å². The molecule has 1 rings (SSSR count). The molecule has 0 spiro atoms. The fourth-order valence-electron chi connectivity index (χ4n) is 1.29. The quantitative estimate of drug-likeness (QED) is 0.679. The molecular weight excluding hydrogens is 263 g/mol. The lowest BCUT2D eigenvalue weighted by atomic mass is 10.0. The minimum Gasteiger partial charge on any atom is -0.477 e. The van der Waals surface area contributed by atoms with E-state index >= 15 is 0 Å². The van der Waals surface area contributed by atoms with Crippen LogP contribution >= 0.6 is 23.2 Å². The van der Waals surface area contributed by atoms with Crippen LogP contribution in [0.5, 0.6) is 0 Å². The first kappa shape index (κ1) is 13.7. The zero-order valence-corrected chi connectivity index (χ0v) is 10.8. The summed E-state index contributed by atoms with van der Waals surface area (Å²) in [6, 6.07) is 5.26. The van der Waals surface area contributed by atoms with Crippen LogP contribution < -0.4 is 0 Å². The highest BCUT2D eigenvalue weighted by atomic mass is 35.5. The molecule has 0 unspecified atom stereocenters. The number of rotatable bonds is 3. The van der Waals surface area contributed by atoms with Gasteiger partial charge in [0, 0.05) is 5.56 Å².